The first-order valence-corrected chi connectivity index (χ1v) is 8.51. The summed E-state index contributed by atoms with van der Waals surface area (Å²) < 4.78 is 6.59. The molecule has 1 aliphatic rings. The maximum absolute atomic E-state index is 11.5. The van der Waals surface area contributed by atoms with Gasteiger partial charge in [0.1, 0.15) is 0 Å². The van der Waals surface area contributed by atoms with E-state index < -0.39 is 5.97 Å². The Morgan fingerprint density at radius 1 is 1.32 bits per heavy atom. The van der Waals surface area contributed by atoms with E-state index >= 15 is 0 Å². The van der Waals surface area contributed by atoms with Gasteiger partial charge < -0.3 is 4.74 Å². The number of nitrogens with zero attached hydrogens (tertiary/aromatic N) is 4. The predicted molar refractivity (Wildman–Crippen MR) is 92.4 cm³/mol. The number of carbonyl (C=O) groups is 1. The average Bonchev–Trinajstić information content (AvgIpc) is 3.31. The van der Waals surface area contributed by atoms with E-state index in [2.05, 4.69) is 32.3 Å². The molecule has 7 heteroatoms. The normalized spacial score (nSPS) is 16.4. The molecule has 3 aromatic rings. The lowest BCUT2D eigenvalue weighted by molar-refractivity contribution is 0.0594. The van der Waals surface area contributed by atoms with E-state index in [1.807, 2.05) is 29.0 Å². The highest BCUT2D eigenvalue weighted by molar-refractivity contribution is 5.87. The lowest BCUT2D eigenvalue weighted by Crippen LogP contribution is -2.32. The zero-order chi connectivity index (χ0) is 17.2. The topological polar surface area (TPSA) is 75.5 Å². The number of likely N-dealkylation sites (tertiary alicyclic amines) is 1. The van der Waals surface area contributed by atoms with Gasteiger partial charge in [0.25, 0.3) is 0 Å². The largest absolute Gasteiger partial charge is 0.464 e. The van der Waals surface area contributed by atoms with Crippen LogP contribution in [0.4, 0.5) is 0 Å². The summed E-state index contributed by atoms with van der Waals surface area (Å²) in [5, 5.41) is 11.3. The van der Waals surface area contributed by atoms with Gasteiger partial charge in [0.05, 0.1) is 12.6 Å². The third kappa shape index (κ3) is 3.28. The Hall–Kier alpha value is -2.67. The monoisotopic (exact) mass is 339 g/mol. The van der Waals surface area contributed by atoms with Crippen LogP contribution in [0, 0.1) is 0 Å². The molecule has 3 aromatic heterocycles. The minimum atomic E-state index is -0.393. The van der Waals surface area contributed by atoms with Crippen molar-refractivity contribution in [2.45, 2.75) is 25.3 Å². The molecule has 4 rings (SSSR count). The van der Waals surface area contributed by atoms with Crippen LogP contribution >= 0.6 is 0 Å². The fraction of sp³-hybridized carbons (Fsp3) is 0.389. The van der Waals surface area contributed by atoms with Crippen LogP contribution in [0.5, 0.6) is 0 Å². The predicted octanol–water partition coefficient (Wildman–Crippen LogP) is 2.22. The van der Waals surface area contributed by atoms with Crippen LogP contribution in [0.25, 0.3) is 5.52 Å². The third-order valence-corrected chi connectivity index (χ3v) is 4.89. The second-order valence-corrected chi connectivity index (χ2v) is 6.49. The molecule has 25 heavy (non-hydrogen) atoms. The van der Waals surface area contributed by atoms with E-state index in [0.717, 1.165) is 43.7 Å². The molecule has 0 atom stereocenters. The number of rotatable bonds is 4. The molecular formula is C18H21N5O2. The van der Waals surface area contributed by atoms with E-state index in [-0.39, 0.29) is 0 Å². The number of ether oxygens (including phenoxy) is 1. The first kappa shape index (κ1) is 15.8. The number of aromatic amines is 1. The first-order chi connectivity index (χ1) is 12.2. The molecule has 1 N–H and O–H groups in total. The summed E-state index contributed by atoms with van der Waals surface area (Å²) in [6.45, 7) is 3.01. The van der Waals surface area contributed by atoms with Crippen LogP contribution in [0.3, 0.4) is 0 Å². The van der Waals surface area contributed by atoms with Crippen molar-refractivity contribution in [1.29, 1.82) is 0 Å². The van der Waals surface area contributed by atoms with Crippen molar-refractivity contribution in [1.82, 2.24) is 24.7 Å². The summed E-state index contributed by atoms with van der Waals surface area (Å²) in [7, 11) is 1.37. The van der Waals surface area contributed by atoms with Gasteiger partial charge in [-0.25, -0.2) is 9.31 Å². The minimum absolute atomic E-state index is 0.356. The van der Waals surface area contributed by atoms with Crippen molar-refractivity contribution in [3.63, 3.8) is 0 Å². The number of fused-ring (bicyclic) bond motifs is 1. The first-order valence-electron chi connectivity index (χ1n) is 8.51. The van der Waals surface area contributed by atoms with Crippen LogP contribution in [-0.4, -0.2) is 50.9 Å². The quantitative estimate of drug-likeness (QED) is 0.738. The van der Waals surface area contributed by atoms with Gasteiger partial charge in [-0.1, -0.05) is 0 Å². The lowest BCUT2D eigenvalue weighted by atomic mass is 9.93. The summed E-state index contributed by atoms with van der Waals surface area (Å²) >= 11 is 0. The Morgan fingerprint density at radius 2 is 2.16 bits per heavy atom. The molecule has 0 aromatic carbocycles. The van der Waals surface area contributed by atoms with Gasteiger partial charge in [0.2, 0.25) is 0 Å². The molecule has 0 radical (unpaired) electrons. The summed E-state index contributed by atoms with van der Waals surface area (Å²) in [6.07, 6.45) is 5.93. The number of pyridine rings is 1. The Balaban J connectivity index is 1.36. The second kappa shape index (κ2) is 6.68. The molecule has 0 amide bonds. The van der Waals surface area contributed by atoms with Gasteiger partial charge >= 0.3 is 5.97 Å². The molecule has 4 heterocycles. The molecule has 0 unspecified atom stereocenters. The van der Waals surface area contributed by atoms with E-state index in [4.69, 9.17) is 4.74 Å². The van der Waals surface area contributed by atoms with E-state index in [9.17, 15) is 4.79 Å². The molecule has 1 saturated heterocycles. The molecular weight excluding hydrogens is 318 g/mol. The lowest BCUT2D eigenvalue weighted by Gasteiger charge is -2.31. The number of carbonyl (C=O) groups excluding carboxylic acids is 1. The van der Waals surface area contributed by atoms with E-state index in [1.54, 1.807) is 0 Å². The third-order valence-electron chi connectivity index (χ3n) is 4.89. The van der Waals surface area contributed by atoms with Gasteiger partial charge in [0.15, 0.2) is 5.69 Å². The van der Waals surface area contributed by atoms with Crippen molar-refractivity contribution in [3.05, 3.63) is 53.6 Å². The molecule has 1 aliphatic heterocycles. The number of hydrogen-bond acceptors (Lipinski definition) is 5. The summed E-state index contributed by atoms with van der Waals surface area (Å²) in [5.41, 5.74) is 3.82. The van der Waals surface area contributed by atoms with Gasteiger partial charge in [-0.05, 0) is 55.8 Å². The Kier molecular flexibility index (Phi) is 4.23. The van der Waals surface area contributed by atoms with Gasteiger partial charge in [0, 0.05) is 30.6 Å². The SMILES string of the molecule is COC(=O)c1cc(C2CCN(Cc3ccn4nccc4c3)CC2)[nH]n1. The number of piperidine rings is 1. The molecule has 0 spiro atoms. The fourth-order valence-electron chi connectivity index (χ4n) is 3.48. The number of H-pyrrole nitrogens is 1. The maximum atomic E-state index is 11.5. The van der Waals surface area contributed by atoms with E-state index in [0.29, 0.717) is 11.6 Å². The highest BCUT2D eigenvalue weighted by Crippen LogP contribution is 2.28. The Labute approximate surface area is 145 Å². The van der Waals surface area contributed by atoms with Crippen LogP contribution < -0.4 is 0 Å². The number of esters is 1. The number of hydrogen-bond donors (Lipinski definition) is 1. The zero-order valence-corrected chi connectivity index (χ0v) is 14.2. The van der Waals surface area contributed by atoms with Crippen molar-refractivity contribution >= 4 is 11.5 Å². The average molecular weight is 339 g/mol. The summed E-state index contributed by atoms with van der Waals surface area (Å²) in [4.78, 5) is 14.0. The zero-order valence-electron chi connectivity index (χ0n) is 14.2. The highest BCUT2D eigenvalue weighted by Gasteiger charge is 2.23. The molecule has 0 aliphatic carbocycles. The highest BCUT2D eigenvalue weighted by atomic mass is 16.5. The molecule has 1 fully saturated rings. The summed E-state index contributed by atoms with van der Waals surface area (Å²) in [6, 6.07) is 8.16. The van der Waals surface area contributed by atoms with Gasteiger partial charge in [-0.3, -0.25) is 10.00 Å². The van der Waals surface area contributed by atoms with Crippen molar-refractivity contribution < 1.29 is 9.53 Å². The van der Waals surface area contributed by atoms with Crippen LogP contribution in [0.15, 0.2) is 36.7 Å². The van der Waals surface area contributed by atoms with Crippen molar-refractivity contribution in [2.75, 3.05) is 20.2 Å². The molecule has 0 bridgehead atoms. The maximum Gasteiger partial charge on any atom is 0.358 e. The smallest absolute Gasteiger partial charge is 0.358 e. The number of methoxy groups -OCH3 is 1. The summed E-state index contributed by atoms with van der Waals surface area (Å²) in [5.74, 6) is 0.0228. The van der Waals surface area contributed by atoms with Gasteiger partial charge in [-0.2, -0.15) is 10.2 Å². The second-order valence-electron chi connectivity index (χ2n) is 6.49. The number of aromatic nitrogens is 4. The fourth-order valence-corrected chi connectivity index (χ4v) is 3.48. The molecule has 0 saturated carbocycles. The van der Waals surface area contributed by atoms with Crippen LogP contribution in [0.1, 0.15) is 40.5 Å². The number of nitrogens with one attached hydrogen (secondary N) is 1. The van der Waals surface area contributed by atoms with Crippen LogP contribution in [0.2, 0.25) is 0 Å². The van der Waals surface area contributed by atoms with Crippen molar-refractivity contribution in [3.8, 4) is 0 Å². The molecule has 7 nitrogen and oxygen atoms in total. The standard InChI is InChI=1S/C18H21N5O2/c1-25-18(24)17-11-16(20-21-17)14-4-7-22(8-5-14)12-13-3-9-23-15(10-13)2-6-19-23/h2-3,6,9-11,14H,4-5,7-8,12H2,1H3,(H,20,21). The van der Waals surface area contributed by atoms with Crippen molar-refractivity contribution in [2.24, 2.45) is 0 Å². The van der Waals surface area contributed by atoms with E-state index in [1.165, 1.54) is 12.7 Å². The Bertz CT molecular complexity index is 876. The minimum Gasteiger partial charge on any atom is -0.464 e. The van der Waals surface area contributed by atoms with Gasteiger partial charge in [-0.15, -0.1) is 0 Å². The molecule has 130 valence electrons. The van der Waals surface area contributed by atoms with Crippen LogP contribution in [-0.2, 0) is 11.3 Å². The Morgan fingerprint density at radius 3 is 2.96 bits per heavy atom.